The number of aliphatic hydroxyl groups excluding tert-OH is 1. The number of furan rings is 1. The molecule has 0 amide bonds. The molecule has 0 spiro atoms. The van der Waals surface area contributed by atoms with Crippen LogP contribution in [-0.2, 0) is 6.54 Å². The first-order valence-electron chi connectivity index (χ1n) is 5.63. The first-order valence-corrected chi connectivity index (χ1v) is 5.63. The van der Waals surface area contributed by atoms with Gasteiger partial charge in [-0.1, -0.05) is 6.92 Å². The minimum Gasteiger partial charge on any atom is -0.457 e. The molecule has 0 radical (unpaired) electrons. The smallest absolute Gasteiger partial charge is 0.185 e. The Labute approximate surface area is 94.9 Å². The Balaban J connectivity index is 1.92. The van der Waals surface area contributed by atoms with Gasteiger partial charge in [0.25, 0.3) is 0 Å². The van der Waals surface area contributed by atoms with Gasteiger partial charge in [-0.3, -0.25) is 9.69 Å². The summed E-state index contributed by atoms with van der Waals surface area (Å²) in [7, 11) is 0. The minimum atomic E-state index is -0.182. The number of carbonyl (C=O) groups is 1. The maximum Gasteiger partial charge on any atom is 0.185 e. The highest BCUT2D eigenvalue weighted by atomic mass is 16.3. The molecular formula is C12H17NO3. The third kappa shape index (κ3) is 2.51. The van der Waals surface area contributed by atoms with Gasteiger partial charge >= 0.3 is 0 Å². The lowest BCUT2D eigenvalue weighted by molar-refractivity contribution is 0.0295. The second-order valence-electron chi connectivity index (χ2n) is 4.49. The molecule has 1 saturated heterocycles. The maximum atomic E-state index is 10.5. The maximum absolute atomic E-state index is 10.5. The van der Waals surface area contributed by atoms with Crippen LogP contribution < -0.4 is 0 Å². The van der Waals surface area contributed by atoms with Gasteiger partial charge in [0.1, 0.15) is 5.76 Å². The van der Waals surface area contributed by atoms with Gasteiger partial charge in [0.15, 0.2) is 12.0 Å². The van der Waals surface area contributed by atoms with E-state index >= 15 is 0 Å². The standard InChI is InChI=1S/C12H17NO3/c1-9-6-13(5-4-12(9)15)7-10-2-3-11(8-14)16-10/h2-3,8-9,12,15H,4-7H2,1H3. The van der Waals surface area contributed by atoms with Crippen molar-refractivity contribution in [2.75, 3.05) is 13.1 Å². The number of rotatable bonds is 3. The highest BCUT2D eigenvalue weighted by molar-refractivity contribution is 5.70. The molecule has 2 unspecified atom stereocenters. The Morgan fingerprint density at radius 1 is 1.62 bits per heavy atom. The quantitative estimate of drug-likeness (QED) is 0.785. The average Bonchev–Trinajstić information content (AvgIpc) is 2.71. The molecule has 1 aromatic rings. The fourth-order valence-corrected chi connectivity index (χ4v) is 2.13. The summed E-state index contributed by atoms with van der Waals surface area (Å²) in [5.41, 5.74) is 0. The Morgan fingerprint density at radius 2 is 2.44 bits per heavy atom. The molecule has 4 nitrogen and oxygen atoms in total. The molecule has 0 aliphatic carbocycles. The Bertz CT molecular complexity index is 361. The molecule has 1 fully saturated rings. The van der Waals surface area contributed by atoms with Crippen molar-refractivity contribution in [3.05, 3.63) is 23.7 Å². The van der Waals surface area contributed by atoms with E-state index in [9.17, 15) is 9.90 Å². The topological polar surface area (TPSA) is 53.7 Å². The van der Waals surface area contributed by atoms with E-state index < -0.39 is 0 Å². The van der Waals surface area contributed by atoms with E-state index in [0.29, 0.717) is 24.5 Å². The molecule has 0 bridgehead atoms. The first-order chi connectivity index (χ1) is 7.69. The lowest BCUT2D eigenvalue weighted by atomic mass is 9.97. The molecule has 1 N–H and O–H groups in total. The molecule has 2 atom stereocenters. The second kappa shape index (κ2) is 4.80. The summed E-state index contributed by atoms with van der Waals surface area (Å²) in [6.07, 6.45) is 1.34. The van der Waals surface area contributed by atoms with Crippen molar-refractivity contribution < 1.29 is 14.3 Å². The van der Waals surface area contributed by atoms with E-state index in [0.717, 1.165) is 25.3 Å². The zero-order chi connectivity index (χ0) is 11.5. The monoisotopic (exact) mass is 223 g/mol. The lowest BCUT2D eigenvalue weighted by Crippen LogP contribution is -2.41. The van der Waals surface area contributed by atoms with Gasteiger partial charge in [0.05, 0.1) is 12.6 Å². The largest absolute Gasteiger partial charge is 0.457 e. The summed E-state index contributed by atoms with van der Waals surface area (Å²) < 4.78 is 5.33. The van der Waals surface area contributed by atoms with Crippen LogP contribution in [0, 0.1) is 5.92 Å². The first kappa shape index (κ1) is 11.4. The molecule has 0 aromatic carbocycles. The number of nitrogens with zero attached hydrogens (tertiary/aromatic N) is 1. The van der Waals surface area contributed by atoms with Gasteiger partial charge in [0, 0.05) is 13.1 Å². The number of hydrogen-bond acceptors (Lipinski definition) is 4. The number of aldehydes is 1. The molecule has 2 heterocycles. The van der Waals surface area contributed by atoms with Crippen molar-refractivity contribution in [2.45, 2.75) is 26.0 Å². The van der Waals surface area contributed by atoms with Crippen molar-refractivity contribution in [1.29, 1.82) is 0 Å². The minimum absolute atomic E-state index is 0.182. The van der Waals surface area contributed by atoms with E-state index in [-0.39, 0.29) is 6.10 Å². The van der Waals surface area contributed by atoms with E-state index in [2.05, 4.69) is 11.8 Å². The van der Waals surface area contributed by atoms with Crippen LogP contribution in [0.2, 0.25) is 0 Å². The molecular weight excluding hydrogens is 206 g/mol. The van der Waals surface area contributed by atoms with Crippen LogP contribution in [0.3, 0.4) is 0 Å². The highest BCUT2D eigenvalue weighted by Gasteiger charge is 2.24. The second-order valence-corrected chi connectivity index (χ2v) is 4.49. The molecule has 1 aliphatic heterocycles. The van der Waals surface area contributed by atoms with Crippen LogP contribution in [0.1, 0.15) is 29.7 Å². The van der Waals surface area contributed by atoms with Crippen LogP contribution in [0.25, 0.3) is 0 Å². The van der Waals surface area contributed by atoms with Crippen LogP contribution in [0.5, 0.6) is 0 Å². The fraction of sp³-hybridized carbons (Fsp3) is 0.583. The predicted octanol–water partition coefficient (Wildman–Crippen LogP) is 1.29. The zero-order valence-corrected chi connectivity index (χ0v) is 9.43. The number of hydrogen-bond donors (Lipinski definition) is 1. The fourth-order valence-electron chi connectivity index (χ4n) is 2.13. The number of likely N-dealkylation sites (tertiary alicyclic amines) is 1. The normalized spacial score (nSPS) is 26.9. The van der Waals surface area contributed by atoms with Crippen LogP contribution in [-0.4, -0.2) is 35.5 Å². The summed E-state index contributed by atoms with van der Waals surface area (Å²) in [6, 6.07) is 3.52. The molecule has 0 saturated carbocycles. The number of aliphatic hydroxyl groups is 1. The molecule has 1 aliphatic rings. The third-order valence-electron chi connectivity index (χ3n) is 3.12. The van der Waals surface area contributed by atoms with Crippen molar-refractivity contribution >= 4 is 6.29 Å². The van der Waals surface area contributed by atoms with E-state index in [1.165, 1.54) is 0 Å². The van der Waals surface area contributed by atoms with Crippen molar-refractivity contribution in [2.24, 2.45) is 5.92 Å². The molecule has 4 heteroatoms. The van der Waals surface area contributed by atoms with Gasteiger partial charge in [-0.25, -0.2) is 0 Å². The van der Waals surface area contributed by atoms with Gasteiger partial charge in [-0.15, -0.1) is 0 Å². The van der Waals surface area contributed by atoms with Gasteiger partial charge in [0.2, 0.25) is 0 Å². The van der Waals surface area contributed by atoms with Crippen LogP contribution in [0.4, 0.5) is 0 Å². The average molecular weight is 223 g/mol. The van der Waals surface area contributed by atoms with E-state index in [1.807, 2.05) is 6.07 Å². The summed E-state index contributed by atoms with van der Waals surface area (Å²) in [4.78, 5) is 12.7. The summed E-state index contributed by atoms with van der Waals surface area (Å²) in [5, 5.41) is 9.61. The third-order valence-corrected chi connectivity index (χ3v) is 3.12. The SMILES string of the molecule is CC1CN(Cc2ccc(C=O)o2)CCC1O. The van der Waals surface area contributed by atoms with Gasteiger partial charge in [-0.05, 0) is 24.5 Å². The molecule has 1 aromatic heterocycles. The van der Waals surface area contributed by atoms with Crippen LogP contribution >= 0.6 is 0 Å². The van der Waals surface area contributed by atoms with Gasteiger partial charge in [-0.2, -0.15) is 0 Å². The van der Waals surface area contributed by atoms with Crippen molar-refractivity contribution in [3.63, 3.8) is 0 Å². The van der Waals surface area contributed by atoms with E-state index in [1.54, 1.807) is 6.07 Å². The summed E-state index contributed by atoms with van der Waals surface area (Å²) >= 11 is 0. The summed E-state index contributed by atoms with van der Waals surface area (Å²) in [6.45, 7) is 4.52. The molecule has 88 valence electrons. The summed E-state index contributed by atoms with van der Waals surface area (Å²) in [5.74, 6) is 1.49. The Hall–Kier alpha value is -1.13. The van der Waals surface area contributed by atoms with Crippen molar-refractivity contribution in [3.8, 4) is 0 Å². The predicted molar refractivity (Wildman–Crippen MR) is 59.2 cm³/mol. The van der Waals surface area contributed by atoms with Gasteiger partial charge < -0.3 is 9.52 Å². The highest BCUT2D eigenvalue weighted by Crippen LogP contribution is 2.19. The van der Waals surface area contributed by atoms with Crippen LogP contribution in [0.15, 0.2) is 16.5 Å². The van der Waals surface area contributed by atoms with Crippen molar-refractivity contribution in [1.82, 2.24) is 4.90 Å². The Kier molecular flexibility index (Phi) is 3.41. The lowest BCUT2D eigenvalue weighted by Gasteiger charge is -2.33. The van der Waals surface area contributed by atoms with E-state index in [4.69, 9.17) is 4.42 Å². The Morgan fingerprint density at radius 3 is 3.06 bits per heavy atom. The number of carbonyl (C=O) groups excluding carboxylic acids is 1. The number of piperidine rings is 1. The molecule has 2 rings (SSSR count). The molecule has 16 heavy (non-hydrogen) atoms. The zero-order valence-electron chi connectivity index (χ0n) is 9.43.